The number of nitrogens with zero attached hydrogens (tertiary/aromatic N) is 3. The number of halogens is 2. The second kappa shape index (κ2) is 10.2. The molecule has 0 unspecified atom stereocenters. The summed E-state index contributed by atoms with van der Waals surface area (Å²) in [5, 5.41) is 5.69. The zero-order valence-electron chi connectivity index (χ0n) is 19.3. The van der Waals surface area contributed by atoms with Gasteiger partial charge in [-0.15, -0.1) is 0 Å². The first-order chi connectivity index (χ1) is 17.8. The SMILES string of the molecule is COc1cc(Br)cc(C=Nn2c(-c3cc4cc(Br)ccc4o3)nc3ccccc3c2=O)c1OCC(N)=O. The van der Waals surface area contributed by atoms with Gasteiger partial charge in [-0.25, -0.2) is 4.98 Å². The quantitative estimate of drug-likeness (QED) is 0.252. The smallest absolute Gasteiger partial charge is 0.282 e. The number of amides is 1. The van der Waals surface area contributed by atoms with E-state index in [0.717, 1.165) is 9.86 Å². The van der Waals surface area contributed by atoms with Crippen molar-refractivity contribution in [3.8, 4) is 23.1 Å². The van der Waals surface area contributed by atoms with E-state index < -0.39 is 5.91 Å². The molecule has 5 rings (SSSR count). The van der Waals surface area contributed by atoms with Crippen molar-refractivity contribution >= 4 is 65.9 Å². The number of rotatable bonds is 7. The molecule has 1 amide bonds. The van der Waals surface area contributed by atoms with E-state index in [1.807, 2.05) is 18.2 Å². The molecule has 0 atom stereocenters. The number of para-hydroxylation sites is 1. The highest BCUT2D eigenvalue weighted by Crippen LogP contribution is 2.34. The lowest BCUT2D eigenvalue weighted by molar-refractivity contribution is -0.119. The Morgan fingerprint density at radius 3 is 2.73 bits per heavy atom. The Balaban J connectivity index is 1.70. The molecule has 2 heterocycles. The number of carbonyl (C=O) groups is 1. The molecule has 0 aliphatic carbocycles. The average molecular weight is 626 g/mol. The summed E-state index contributed by atoms with van der Waals surface area (Å²) in [5.41, 5.74) is 6.45. The number of fused-ring (bicyclic) bond motifs is 2. The van der Waals surface area contributed by atoms with Gasteiger partial charge in [0.2, 0.25) is 5.82 Å². The van der Waals surface area contributed by atoms with E-state index in [9.17, 15) is 9.59 Å². The highest BCUT2D eigenvalue weighted by atomic mass is 79.9. The van der Waals surface area contributed by atoms with Crippen LogP contribution in [-0.2, 0) is 4.79 Å². The molecule has 0 aliphatic rings. The fourth-order valence-electron chi connectivity index (χ4n) is 3.77. The molecule has 37 heavy (non-hydrogen) atoms. The van der Waals surface area contributed by atoms with Crippen LogP contribution in [0.2, 0.25) is 0 Å². The van der Waals surface area contributed by atoms with Gasteiger partial charge in [0.1, 0.15) is 5.58 Å². The van der Waals surface area contributed by atoms with Crippen LogP contribution in [0.3, 0.4) is 0 Å². The molecule has 3 aromatic carbocycles. The monoisotopic (exact) mass is 624 g/mol. The third kappa shape index (κ3) is 5.00. The van der Waals surface area contributed by atoms with Crippen LogP contribution < -0.4 is 20.8 Å². The van der Waals surface area contributed by atoms with Gasteiger partial charge in [-0.2, -0.15) is 9.78 Å². The standard InChI is InChI=1S/C26H18Br2N4O5/c1-35-21-11-17(28)9-15(24(21)36-13-23(29)33)12-30-32-25(31-19-5-3-2-4-18(19)26(32)34)22-10-14-8-16(27)6-7-20(14)37-22/h2-12H,13H2,1H3,(H2,29,33). The number of benzene rings is 3. The molecule has 0 spiro atoms. The molecule has 0 bridgehead atoms. The van der Waals surface area contributed by atoms with E-state index in [4.69, 9.17) is 19.6 Å². The number of nitrogens with two attached hydrogens (primary N) is 1. The van der Waals surface area contributed by atoms with Crippen molar-refractivity contribution in [2.75, 3.05) is 13.7 Å². The zero-order chi connectivity index (χ0) is 26.1. The van der Waals surface area contributed by atoms with Crippen molar-refractivity contribution in [1.29, 1.82) is 0 Å². The van der Waals surface area contributed by atoms with Gasteiger partial charge in [0.05, 0.1) is 24.2 Å². The molecular weight excluding hydrogens is 608 g/mol. The molecule has 0 saturated carbocycles. The Morgan fingerprint density at radius 1 is 1.14 bits per heavy atom. The maximum atomic E-state index is 13.5. The summed E-state index contributed by atoms with van der Waals surface area (Å²) in [6, 6.07) is 17.8. The Morgan fingerprint density at radius 2 is 1.95 bits per heavy atom. The largest absolute Gasteiger partial charge is 0.493 e. The normalized spacial score (nSPS) is 11.4. The third-order valence-electron chi connectivity index (χ3n) is 5.39. The molecule has 9 nitrogen and oxygen atoms in total. The van der Waals surface area contributed by atoms with Gasteiger partial charge >= 0.3 is 0 Å². The number of methoxy groups -OCH3 is 1. The van der Waals surface area contributed by atoms with E-state index in [1.165, 1.54) is 18.0 Å². The summed E-state index contributed by atoms with van der Waals surface area (Å²) in [7, 11) is 1.47. The fourth-order valence-corrected chi connectivity index (χ4v) is 4.60. The van der Waals surface area contributed by atoms with Gasteiger partial charge in [0, 0.05) is 19.9 Å². The van der Waals surface area contributed by atoms with Crippen molar-refractivity contribution in [2.45, 2.75) is 0 Å². The van der Waals surface area contributed by atoms with Crippen LogP contribution in [-0.4, -0.2) is 35.5 Å². The molecule has 0 aliphatic heterocycles. The van der Waals surface area contributed by atoms with E-state index >= 15 is 0 Å². The van der Waals surface area contributed by atoms with Crippen LogP contribution in [0.25, 0.3) is 33.5 Å². The molecular formula is C26H18Br2N4O5. The fraction of sp³-hybridized carbons (Fsp3) is 0.0769. The van der Waals surface area contributed by atoms with E-state index in [-0.39, 0.29) is 23.7 Å². The van der Waals surface area contributed by atoms with Gasteiger partial charge in [-0.05, 0) is 48.5 Å². The van der Waals surface area contributed by atoms with Crippen molar-refractivity contribution in [3.05, 3.63) is 85.5 Å². The van der Waals surface area contributed by atoms with Gasteiger partial charge < -0.3 is 19.6 Å². The van der Waals surface area contributed by atoms with Gasteiger partial charge in [-0.1, -0.05) is 44.0 Å². The Kier molecular flexibility index (Phi) is 6.81. The Labute approximate surface area is 226 Å². The van der Waals surface area contributed by atoms with Gasteiger partial charge in [-0.3, -0.25) is 9.59 Å². The lowest BCUT2D eigenvalue weighted by atomic mass is 10.2. The molecule has 2 N–H and O–H groups in total. The first-order valence-corrected chi connectivity index (χ1v) is 12.5. The van der Waals surface area contributed by atoms with Crippen molar-refractivity contribution in [2.24, 2.45) is 10.8 Å². The highest BCUT2D eigenvalue weighted by molar-refractivity contribution is 9.10. The Hall–Kier alpha value is -3.96. The minimum atomic E-state index is -0.651. The second-order valence-electron chi connectivity index (χ2n) is 7.89. The average Bonchev–Trinajstić information content (AvgIpc) is 3.30. The summed E-state index contributed by atoms with van der Waals surface area (Å²) < 4.78 is 19.8. The van der Waals surface area contributed by atoms with Crippen LogP contribution >= 0.6 is 31.9 Å². The highest BCUT2D eigenvalue weighted by Gasteiger charge is 2.18. The van der Waals surface area contributed by atoms with Gasteiger partial charge in [0.25, 0.3) is 11.5 Å². The number of carbonyl (C=O) groups excluding carboxylic acids is 1. The summed E-state index contributed by atoms with van der Waals surface area (Å²) in [5.74, 6) is 0.523. The number of furan rings is 1. The number of aromatic nitrogens is 2. The number of ether oxygens (including phenoxy) is 2. The molecule has 0 fully saturated rings. The van der Waals surface area contributed by atoms with Crippen molar-refractivity contribution in [1.82, 2.24) is 9.66 Å². The van der Waals surface area contributed by atoms with Crippen LogP contribution in [0.1, 0.15) is 5.56 Å². The van der Waals surface area contributed by atoms with Crippen molar-refractivity contribution < 1.29 is 18.7 Å². The lowest BCUT2D eigenvalue weighted by Crippen LogP contribution is -2.21. The lowest BCUT2D eigenvalue weighted by Gasteiger charge is -2.13. The molecule has 186 valence electrons. The predicted octanol–water partition coefficient (Wildman–Crippen LogP) is 5.09. The molecule has 5 aromatic rings. The summed E-state index contributed by atoms with van der Waals surface area (Å²) in [4.78, 5) is 29.6. The molecule has 0 saturated heterocycles. The zero-order valence-corrected chi connectivity index (χ0v) is 22.4. The van der Waals surface area contributed by atoms with E-state index in [1.54, 1.807) is 42.5 Å². The van der Waals surface area contributed by atoms with E-state index in [0.29, 0.717) is 38.0 Å². The van der Waals surface area contributed by atoms with Crippen LogP contribution in [0.4, 0.5) is 0 Å². The molecule has 11 heteroatoms. The predicted molar refractivity (Wildman–Crippen MR) is 147 cm³/mol. The first-order valence-electron chi connectivity index (χ1n) is 10.9. The molecule has 2 aromatic heterocycles. The Bertz CT molecular complexity index is 1760. The van der Waals surface area contributed by atoms with Crippen LogP contribution in [0.5, 0.6) is 11.5 Å². The first kappa shape index (κ1) is 24.7. The minimum absolute atomic E-state index is 0.217. The van der Waals surface area contributed by atoms with Crippen LogP contribution in [0, 0.1) is 0 Å². The number of hydrogen-bond donors (Lipinski definition) is 1. The second-order valence-corrected chi connectivity index (χ2v) is 9.72. The summed E-state index contributed by atoms with van der Waals surface area (Å²) >= 11 is 6.89. The number of primary amides is 1. The maximum Gasteiger partial charge on any atom is 0.282 e. The molecule has 0 radical (unpaired) electrons. The third-order valence-corrected chi connectivity index (χ3v) is 6.34. The minimum Gasteiger partial charge on any atom is -0.493 e. The van der Waals surface area contributed by atoms with E-state index in [2.05, 4.69) is 41.9 Å². The van der Waals surface area contributed by atoms with Gasteiger partial charge in [0.15, 0.2) is 23.9 Å². The van der Waals surface area contributed by atoms with Crippen LogP contribution in [0.15, 0.2) is 83.9 Å². The summed E-state index contributed by atoms with van der Waals surface area (Å²) in [6.45, 7) is -0.365. The summed E-state index contributed by atoms with van der Waals surface area (Å²) in [6.07, 6.45) is 1.42. The van der Waals surface area contributed by atoms with Crippen molar-refractivity contribution in [3.63, 3.8) is 0 Å². The maximum absolute atomic E-state index is 13.5. The topological polar surface area (TPSA) is 122 Å². The number of hydrogen-bond acceptors (Lipinski definition) is 7.